The van der Waals surface area contributed by atoms with E-state index in [4.69, 9.17) is 43.7 Å². The lowest BCUT2D eigenvalue weighted by molar-refractivity contribution is -0.0751. The van der Waals surface area contributed by atoms with E-state index < -0.39 is 40.7 Å². The zero-order valence-electron chi connectivity index (χ0n) is 23.6. The Balaban J connectivity index is 1.44. The summed E-state index contributed by atoms with van der Waals surface area (Å²) in [7, 11) is 8.67. The van der Waals surface area contributed by atoms with Gasteiger partial charge in [0.15, 0.2) is 0 Å². The maximum absolute atomic E-state index is 11.7. The van der Waals surface area contributed by atoms with Crippen molar-refractivity contribution in [3.05, 3.63) is 95.6 Å². The molecule has 1 N–H and O–H groups in total. The molecular formula is C31H34BNO7S2. The molecule has 2 aliphatic heterocycles. The second-order valence-electron chi connectivity index (χ2n) is 10.1. The first kappa shape index (κ1) is 30.5. The molecule has 42 heavy (non-hydrogen) atoms. The number of ether oxygens (including phenoxy) is 5. The minimum atomic E-state index is -1.10. The van der Waals surface area contributed by atoms with Crippen LogP contribution in [-0.2, 0) is 30.6 Å². The van der Waals surface area contributed by atoms with Gasteiger partial charge in [-0.25, -0.2) is 0 Å². The van der Waals surface area contributed by atoms with E-state index in [1.165, 1.54) is 0 Å². The number of benzene rings is 3. The summed E-state index contributed by atoms with van der Waals surface area (Å²) in [6.07, 6.45) is -2.77. The van der Waals surface area contributed by atoms with Crippen LogP contribution in [0.1, 0.15) is 16.7 Å². The molecule has 3 aromatic rings. The van der Waals surface area contributed by atoms with Gasteiger partial charge in [0, 0.05) is 35.4 Å². The van der Waals surface area contributed by atoms with Gasteiger partial charge < -0.3 is 33.7 Å². The van der Waals surface area contributed by atoms with Crippen LogP contribution in [0.25, 0.3) is 0 Å². The Bertz CT molecular complexity index is 1300. The Labute approximate surface area is 255 Å². The van der Waals surface area contributed by atoms with Crippen LogP contribution in [0, 0.1) is 0 Å². The molecule has 2 heterocycles. The van der Waals surface area contributed by atoms with E-state index in [9.17, 15) is 9.32 Å². The monoisotopic (exact) mass is 607 g/mol. The van der Waals surface area contributed by atoms with Gasteiger partial charge >= 0.3 is 0 Å². The van der Waals surface area contributed by atoms with Crippen molar-refractivity contribution in [2.45, 2.75) is 29.9 Å². The van der Waals surface area contributed by atoms with Crippen LogP contribution in [0.4, 0.5) is 0 Å². The highest BCUT2D eigenvalue weighted by atomic mass is 32.2. The molecule has 0 bridgehead atoms. The molecule has 4 atom stereocenters. The predicted octanol–water partition coefficient (Wildman–Crippen LogP) is 3.00. The molecule has 2 unspecified atom stereocenters. The van der Waals surface area contributed by atoms with Crippen LogP contribution in [0.5, 0.6) is 11.5 Å². The Kier molecular flexibility index (Phi) is 9.85. The fraction of sp³-hybridized carbons (Fsp3) is 0.387. The van der Waals surface area contributed by atoms with E-state index in [1.807, 2.05) is 83.8 Å². The van der Waals surface area contributed by atoms with Crippen molar-refractivity contribution in [3.63, 3.8) is 0 Å². The predicted molar refractivity (Wildman–Crippen MR) is 166 cm³/mol. The Morgan fingerprint density at radius 3 is 2.00 bits per heavy atom. The summed E-state index contributed by atoms with van der Waals surface area (Å²) in [6.45, 7) is 1.05. The molecule has 2 saturated heterocycles. The van der Waals surface area contributed by atoms with Crippen LogP contribution >= 0.6 is 12.2 Å². The summed E-state index contributed by atoms with van der Waals surface area (Å²) in [5, 5.41) is 11.5. The van der Waals surface area contributed by atoms with Crippen LogP contribution in [0.15, 0.2) is 78.9 Å². The van der Waals surface area contributed by atoms with E-state index >= 15 is 0 Å². The summed E-state index contributed by atoms with van der Waals surface area (Å²) in [5.41, 5.74) is 1.51. The van der Waals surface area contributed by atoms with Crippen molar-refractivity contribution < 1.29 is 33.0 Å². The molecule has 3 aromatic carbocycles. The highest BCUT2D eigenvalue weighted by molar-refractivity contribution is 7.85. The molecule has 2 radical (unpaired) electrons. The van der Waals surface area contributed by atoms with Gasteiger partial charge in [-0.05, 0) is 53.2 Å². The lowest BCUT2D eigenvalue weighted by Crippen LogP contribution is -2.46. The summed E-state index contributed by atoms with van der Waals surface area (Å²) in [5.74, 6) is 2.47. The van der Waals surface area contributed by atoms with Gasteiger partial charge in [0.1, 0.15) is 43.3 Å². The third-order valence-corrected chi connectivity index (χ3v) is 9.31. The molecule has 0 aromatic heterocycles. The molecule has 0 aliphatic carbocycles. The van der Waals surface area contributed by atoms with Crippen LogP contribution in [0.3, 0.4) is 0 Å². The summed E-state index contributed by atoms with van der Waals surface area (Å²) in [4.78, 5) is 1.84. The second kappa shape index (κ2) is 13.6. The Morgan fingerprint density at radius 1 is 0.952 bits per heavy atom. The Morgan fingerprint density at radius 2 is 1.48 bits per heavy atom. The average Bonchev–Trinajstić information content (AvgIpc) is 3.30. The van der Waals surface area contributed by atoms with E-state index in [-0.39, 0.29) is 11.8 Å². The molecule has 2 aliphatic rings. The molecule has 5 rings (SSSR count). The van der Waals surface area contributed by atoms with Crippen LogP contribution in [0.2, 0.25) is 0 Å². The van der Waals surface area contributed by atoms with Gasteiger partial charge in [0.25, 0.3) is 5.17 Å². The van der Waals surface area contributed by atoms with Gasteiger partial charge in [-0.2, -0.15) is 0 Å². The van der Waals surface area contributed by atoms with Crippen LogP contribution in [-0.4, -0.2) is 97.0 Å². The summed E-state index contributed by atoms with van der Waals surface area (Å²) in [6, 6.07) is 24.3. The van der Waals surface area contributed by atoms with Crippen molar-refractivity contribution in [1.82, 2.24) is 4.90 Å². The number of hydrogen-bond acceptors (Lipinski definition) is 8. The third kappa shape index (κ3) is 6.35. The zero-order chi connectivity index (χ0) is 29.7. The van der Waals surface area contributed by atoms with Crippen molar-refractivity contribution in [1.29, 1.82) is 0 Å². The quantitative estimate of drug-likeness (QED) is 0.224. The van der Waals surface area contributed by atoms with Crippen LogP contribution < -0.4 is 9.47 Å². The fourth-order valence-corrected chi connectivity index (χ4v) is 6.68. The van der Waals surface area contributed by atoms with Gasteiger partial charge in [-0.3, -0.25) is 4.21 Å². The minimum absolute atomic E-state index is 0.00284. The number of methoxy groups -OCH3 is 2. The van der Waals surface area contributed by atoms with Gasteiger partial charge in [0.2, 0.25) is 0 Å². The number of hydrogen-bond donors (Lipinski definition) is 1. The molecule has 220 valence electrons. The minimum Gasteiger partial charge on any atom is -0.497 e. The van der Waals surface area contributed by atoms with Crippen molar-refractivity contribution >= 4 is 36.0 Å². The van der Waals surface area contributed by atoms with Crippen molar-refractivity contribution in [2.75, 3.05) is 45.4 Å². The second-order valence-corrected chi connectivity index (χ2v) is 12.2. The van der Waals surface area contributed by atoms with E-state index in [2.05, 4.69) is 0 Å². The van der Waals surface area contributed by atoms with Crippen molar-refractivity contribution in [3.8, 4) is 11.5 Å². The third-order valence-electron chi connectivity index (χ3n) is 7.68. The fourth-order valence-electron chi connectivity index (χ4n) is 5.33. The topological polar surface area (TPSA) is 86.7 Å². The molecular weight excluding hydrogens is 573 g/mol. The lowest BCUT2D eigenvalue weighted by Gasteiger charge is -2.37. The molecule has 11 heteroatoms. The first-order valence-electron chi connectivity index (χ1n) is 13.7. The highest BCUT2D eigenvalue weighted by Gasteiger charge is 2.46. The molecule has 0 amide bonds. The number of nitrogens with zero attached hydrogens (tertiary/aromatic N) is 1. The van der Waals surface area contributed by atoms with E-state index in [0.29, 0.717) is 36.1 Å². The number of aliphatic hydroxyl groups excluding tert-OH is 1. The SMILES string of the molecule is [B][C@@H]1O[C@H](COC(c2ccccc2)(c2ccc(OC)cc2)c2ccc(OC)cc2)C(O)C1OC(=S)N1CCS(=O)CC1. The Hall–Kier alpha value is -2.96. The standard InChI is InChI=1S/C31H34BNO7S2/c1-36-24-12-8-22(9-13-24)31(21-6-4-3-5-7-21,23-10-14-25(37-2)15-11-23)38-20-26-27(34)28(29(32)39-26)40-30(41)33-16-18-42(35)19-17-33/h3-15,26-29,34H,16-20H2,1-2H3/t26-,27?,28?,29-/m1/s1. The maximum Gasteiger partial charge on any atom is 0.259 e. The summed E-state index contributed by atoms with van der Waals surface area (Å²) < 4.78 is 41.4. The maximum atomic E-state index is 11.7. The first-order valence-corrected chi connectivity index (χ1v) is 15.6. The zero-order valence-corrected chi connectivity index (χ0v) is 25.2. The smallest absolute Gasteiger partial charge is 0.259 e. The first-order chi connectivity index (χ1) is 20.3. The largest absolute Gasteiger partial charge is 0.497 e. The van der Waals surface area contributed by atoms with Gasteiger partial charge in [-0.1, -0.05) is 54.6 Å². The normalized spacial score (nSPS) is 23.0. The van der Waals surface area contributed by atoms with E-state index in [1.54, 1.807) is 14.2 Å². The molecule has 0 saturated carbocycles. The molecule has 2 fully saturated rings. The average molecular weight is 608 g/mol. The van der Waals surface area contributed by atoms with E-state index in [0.717, 1.165) is 16.7 Å². The highest BCUT2D eigenvalue weighted by Crippen LogP contribution is 2.42. The van der Waals surface area contributed by atoms with Crippen molar-refractivity contribution in [2.24, 2.45) is 0 Å². The number of rotatable bonds is 9. The summed E-state index contributed by atoms with van der Waals surface area (Å²) >= 11 is 5.48. The molecule has 8 nitrogen and oxygen atoms in total. The van der Waals surface area contributed by atoms with Gasteiger partial charge in [0.05, 0.1) is 26.8 Å². The number of aliphatic hydroxyl groups is 1. The lowest BCUT2D eigenvalue weighted by atomic mass is 9.80. The molecule has 0 spiro atoms. The van der Waals surface area contributed by atoms with Gasteiger partial charge in [-0.15, -0.1) is 0 Å². The number of thiocarbonyl (C=S) groups is 1.